The van der Waals surface area contributed by atoms with Gasteiger partial charge in [0.25, 0.3) is 0 Å². The van der Waals surface area contributed by atoms with Gasteiger partial charge in [0.1, 0.15) is 0 Å². The van der Waals surface area contributed by atoms with Gasteiger partial charge in [-0.05, 0) is 13.8 Å². The summed E-state index contributed by atoms with van der Waals surface area (Å²) in [5.41, 5.74) is 1.09. The number of hydrogen-bond donors (Lipinski definition) is 2. The van der Waals surface area contributed by atoms with Crippen molar-refractivity contribution in [2.45, 2.75) is 26.4 Å². The van der Waals surface area contributed by atoms with Gasteiger partial charge >= 0.3 is 0 Å². The van der Waals surface area contributed by atoms with Gasteiger partial charge in [-0.1, -0.05) is 0 Å². The van der Waals surface area contributed by atoms with E-state index in [-0.39, 0.29) is 5.91 Å². The molecule has 0 bridgehead atoms. The molecule has 0 aliphatic heterocycles. The molecule has 0 spiro atoms. The van der Waals surface area contributed by atoms with Gasteiger partial charge in [0.05, 0.1) is 12.7 Å². The summed E-state index contributed by atoms with van der Waals surface area (Å²) in [4.78, 5) is 10.9. The highest BCUT2D eigenvalue weighted by molar-refractivity contribution is 5.77. The predicted molar refractivity (Wildman–Crippen MR) is 58.4 cm³/mol. The molecular weight excluding hydrogens is 192 g/mol. The predicted octanol–water partition coefficient (Wildman–Crippen LogP) is 0.300. The fraction of sp³-hybridized carbons (Fsp3) is 0.600. The van der Waals surface area contributed by atoms with Crippen LogP contribution in [-0.4, -0.2) is 29.3 Å². The first-order valence-corrected chi connectivity index (χ1v) is 5.07. The molecule has 1 heterocycles. The third-order valence-electron chi connectivity index (χ3n) is 2.08. The molecular formula is C10H18N4O. The van der Waals surface area contributed by atoms with Crippen LogP contribution in [0.25, 0.3) is 0 Å². The van der Waals surface area contributed by atoms with Crippen LogP contribution in [0.15, 0.2) is 12.4 Å². The largest absolute Gasteiger partial charge is 0.358 e. The number of nitrogens with zero attached hydrogens (tertiary/aromatic N) is 2. The molecule has 0 unspecified atom stereocenters. The summed E-state index contributed by atoms with van der Waals surface area (Å²) >= 11 is 0. The van der Waals surface area contributed by atoms with E-state index in [0.29, 0.717) is 19.1 Å². The quantitative estimate of drug-likeness (QED) is 0.735. The van der Waals surface area contributed by atoms with Crippen LogP contribution in [0.2, 0.25) is 0 Å². The van der Waals surface area contributed by atoms with Crippen molar-refractivity contribution in [2.24, 2.45) is 0 Å². The highest BCUT2D eigenvalue weighted by Gasteiger charge is 2.02. The molecule has 0 saturated heterocycles. The van der Waals surface area contributed by atoms with Crippen LogP contribution in [-0.2, 0) is 11.3 Å². The number of nitrogens with one attached hydrogen (secondary N) is 2. The van der Waals surface area contributed by atoms with E-state index in [0.717, 1.165) is 5.56 Å². The zero-order valence-corrected chi connectivity index (χ0v) is 9.45. The van der Waals surface area contributed by atoms with Crippen molar-refractivity contribution in [3.63, 3.8) is 0 Å². The molecule has 0 atom stereocenters. The summed E-state index contributed by atoms with van der Waals surface area (Å²) < 4.78 is 1.90. The van der Waals surface area contributed by atoms with Gasteiger partial charge in [-0.25, -0.2) is 0 Å². The maximum atomic E-state index is 10.9. The van der Waals surface area contributed by atoms with E-state index >= 15 is 0 Å². The van der Waals surface area contributed by atoms with Gasteiger partial charge in [0.15, 0.2) is 0 Å². The summed E-state index contributed by atoms with van der Waals surface area (Å²) in [7, 11) is 1.63. The van der Waals surface area contributed by atoms with E-state index in [2.05, 4.69) is 29.6 Å². The van der Waals surface area contributed by atoms with Crippen LogP contribution in [0.4, 0.5) is 0 Å². The molecule has 1 aromatic rings. The topological polar surface area (TPSA) is 59.0 Å². The molecule has 5 nitrogen and oxygen atoms in total. The SMILES string of the molecule is CNC(=O)CNCc1cnn(C(C)C)c1. The Morgan fingerprint density at radius 3 is 2.87 bits per heavy atom. The minimum Gasteiger partial charge on any atom is -0.358 e. The van der Waals surface area contributed by atoms with Crippen molar-refractivity contribution in [1.82, 2.24) is 20.4 Å². The van der Waals surface area contributed by atoms with Crippen molar-refractivity contribution >= 4 is 5.91 Å². The zero-order valence-electron chi connectivity index (χ0n) is 9.45. The normalized spacial score (nSPS) is 10.7. The van der Waals surface area contributed by atoms with Gasteiger partial charge in [0, 0.05) is 31.4 Å². The Morgan fingerprint density at radius 1 is 1.60 bits per heavy atom. The van der Waals surface area contributed by atoms with Gasteiger partial charge in [0.2, 0.25) is 5.91 Å². The second-order valence-electron chi connectivity index (χ2n) is 3.70. The van der Waals surface area contributed by atoms with Crippen molar-refractivity contribution in [1.29, 1.82) is 0 Å². The molecule has 84 valence electrons. The van der Waals surface area contributed by atoms with E-state index in [1.807, 2.05) is 17.1 Å². The lowest BCUT2D eigenvalue weighted by molar-refractivity contribution is -0.119. The summed E-state index contributed by atoms with van der Waals surface area (Å²) in [6.45, 7) is 5.16. The molecule has 0 fully saturated rings. The lowest BCUT2D eigenvalue weighted by Gasteiger charge is -2.03. The molecule has 15 heavy (non-hydrogen) atoms. The Labute approximate surface area is 89.9 Å². The first kappa shape index (κ1) is 11.7. The Hall–Kier alpha value is -1.36. The number of likely N-dealkylation sites (N-methyl/N-ethyl adjacent to an activating group) is 1. The molecule has 0 aromatic carbocycles. The lowest BCUT2D eigenvalue weighted by atomic mass is 10.3. The smallest absolute Gasteiger partial charge is 0.233 e. The van der Waals surface area contributed by atoms with Gasteiger partial charge in [-0.3, -0.25) is 9.48 Å². The Bertz CT molecular complexity index is 319. The van der Waals surface area contributed by atoms with E-state index in [4.69, 9.17) is 0 Å². The number of amides is 1. The number of aromatic nitrogens is 2. The van der Waals surface area contributed by atoms with E-state index < -0.39 is 0 Å². The fourth-order valence-electron chi connectivity index (χ4n) is 1.16. The summed E-state index contributed by atoms with van der Waals surface area (Å²) in [5, 5.41) is 9.80. The molecule has 0 saturated carbocycles. The molecule has 0 aliphatic carbocycles. The van der Waals surface area contributed by atoms with Crippen LogP contribution in [0.1, 0.15) is 25.5 Å². The van der Waals surface area contributed by atoms with Crippen LogP contribution < -0.4 is 10.6 Å². The molecule has 5 heteroatoms. The molecule has 2 N–H and O–H groups in total. The third-order valence-corrected chi connectivity index (χ3v) is 2.08. The average molecular weight is 210 g/mol. The van der Waals surface area contributed by atoms with Crippen molar-refractivity contribution in [3.8, 4) is 0 Å². The summed E-state index contributed by atoms with van der Waals surface area (Å²) in [6, 6.07) is 0.373. The molecule has 0 radical (unpaired) electrons. The van der Waals surface area contributed by atoms with E-state index in [9.17, 15) is 4.79 Å². The Balaban J connectivity index is 2.34. The highest BCUT2D eigenvalue weighted by Crippen LogP contribution is 2.04. The third kappa shape index (κ3) is 3.71. The second-order valence-corrected chi connectivity index (χ2v) is 3.70. The van der Waals surface area contributed by atoms with Crippen molar-refractivity contribution < 1.29 is 4.79 Å². The standard InChI is InChI=1S/C10H18N4O/c1-8(2)14-7-9(5-13-14)4-12-6-10(15)11-3/h5,7-8,12H,4,6H2,1-3H3,(H,11,15). The Kier molecular flexibility index (Phi) is 4.30. The summed E-state index contributed by atoms with van der Waals surface area (Å²) in [5.74, 6) is -0.00810. The molecule has 1 amide bonds. The van der Waals surface area contributed by atoms with E-state index in [1.165, 1.54) is 0 Å². The minimum atomic E-state index is -0.00810. The van der Waals surface area contributed by atoms with Crippen LogP contribution in [0.5, 0.6) is 0 Å². The number of carbonyl (C=O) groups is 1. The summed E-state index contributed by atoms with van der Waals surface area (Å²) in [6.07, 6.45) is 3.80. The first-order chi connectivity index (χ1) is 7.13. The van der Waals surface area contributed by atoms with Gasteiger partial charge in [-0.15, -0.1) is 0 Å². The highest BCUT2D eigenvalue weighted by atomic mass is 16.1. The number of carbonyl (C=O) groups excluding carboxylic acids is 1. The fourth-order valence-corrected chi connectivity index (χ4v) is 1.16. The molecule has 1 aromatic heterocycles. The number of rotatable bonds is 5. The van der Waals surface area contributed by atoms with Crippen molar-refractivity contribution in [2.75, 3.05) is 13.6 Å². The molecule has 1 rings (SSSR count). The Morgan fingerprint density at radius 2 is 2.33 bits per heavy atom. The second kappa shape index (κ2) is 5.50. The maximum absolute atomic E-state index is 10.9. The van der Waals surface area contributed by atoms with Crippen LogP contribution >= 0.6 is 0 Å². The lowest BCUT2D eigenvalue weighted by Crippen LogP contribution is -2.30. The molecule has 0 aliphatic rings. The first-order valence-electron chi connectivity index (χ1n) is 5.07. The van der Waals surface area contributed by atoms with Gasteiger partial charge < -0.3 is 10.6 Å². The van der Waals surface area contributed by atoms with Crippen LogP contribution in [0, 0.1) is 0 Å². The van der Waals surface area contributed by atoms with Crippen molar-refractivity contribution in [3.05, 3.63) is 18.0 Å². The maximum Gasteiger partial charge on any atom is 0.233 e. The van der Waals surface area contributed by atoms with Crippen LogP contribution in [0.3, 0.4) is 0 Å². The van der Waals surface area contributed by atoms with Gasteiger partial charge in [-0.2, -0.15) is 5.10 Å². The minimum absolute atomic E-state index is 0.00810. The van der Waals surface area contributed by atoms with E-state index in [1.54, 1.807) is 7.05 Å². The monoisotopic (exact) mass is 210 g/mol. The average Bonchev–Trinajstić information content (AvgIpc) is 2.66. The zero-order chi connectivity index (χ0) is 11.3. The number of hydrogen-bond acceptors (Lipinski definition) is 3.